The molecule has 1 saturated heterocycles. The lowest BCUT2D eigenvalue weighted by molar-refractivity contribution is -0.191. The maximum Gasteiger partial charge on any atom is 0.157 e. The van der Waals surface area contributed by atoms with Crippen molar-refractivity contribution in [3.8, 4) is 0 Å². The Hall–Kier alpha value is -1.36. The van der Waals surface area contributed by atoms with Crippen molar-refractivity contribution in [2.24, 2.45) is 47.3 Å². The smallest absolute Gasteiger partial charge is 0.157 e. The average molecular weight is 647 g/mol. The minimum absolute atomic E-state index is 0.0566. The van der Waals surface area contributed by atoms with Crippen molar-refractivity contribution >= 4 is 0 Å². The molecule has 8 nitrogen and oxygen atoms in total. The van der Waals surface area contributed by atoms with Gasteiger partial charge < -0.3 is 40.5 Å². The monoisotopic (exact) mass is 646 g/mol. The van der Waals surface area contributed by atoms with Crippen molar-refractivity contribution in [1.82, 2.24) is 0 Å². The number of aliphatic hydroxyl groups is 7. The predicted molar refractivity (Wildman–Crippen MR) is 179 cm³/mol. The molecule has 5 rings (SSSR count). The zero-order valence-electron chi connectivity index (χ0n) is 28.4. The van der Waals surface area contributed by atoms with Crippen LogP contribution in [0.15, 0.2) is 47.6 Å². The van der Waals surface area contributed by atoms with Crippen LogP contribution in [0.25, 0.3) is 0 Å². The van der Waals surface area contributed by atoms with E-state index in [2.05, 4.69) is 64.2 Å². The maximum absolute atomic E-state index is 10.6. The fourth-order valence-corrected chi connectivity index (χ4v) is 8.88. The Morgan fingerprint density at radius 2 is 1.22 bits per heavy atom. The van der Waals surface area contributed by atoms with Crippen molar-refractivity contribution in [2.75, 3.05) is 6.61 Å². The second-order valence-corrected chi connectivity index (χ2v) is 15.3. The standard InChI is InChI=1S/C19H30O4.C19H32O4/c1-11-7-13-4-3-12(2)16(19(13)17(21)8-11)6-5-15-9-14(20)10-18(22)23-15;1-12-9-14-4-3-13(2)17(19(14)18(23)10-12)6-5-15(21)11-16(22)7-8-20/h3-4,7,11-12,14-22H,5-6,8-10H2,1-2H3;3-4,9,12-13,15-23H,5-8,10-11H2,1-2H3/t11-,12-,14?,15?,16-,17-,18?,19-;12-,13-,15+,16-,17-,18-,19-/m00/s1. The van der Waals surface area contributed by atoms with Crippen molar-refractivity contribution in [2.45, 2.75) is 135 Å². The van der Waals surface area contributed by atoms with Crippen LogP contribution in [0.3, 0.4) is 0 Å². The first-order valence-corrected chi connectivity index (χ1v) is 18.0. The zero-order valence-corrected chi connectivity index (χ0v) is 28.4. The summed E-state index contributed by atoms with van der Waals surface area (Å²) in [7, 11) is 0. The van der Waals surface area contributed by atoms with Crippen LogP contribution in [0.1, 0.15) is 91.9 Å². The Kier molecular flexibility index (Phi) is 14.1. The molecule has 5 aliphatic rings. The average Bonchev–Trinajstić information content (AvgIpc) is 2.96. The van der Waals surface area contributed by atoms with Gasteiger partial charge in [-0.15, -0.1) is 0 Å². The summed E-state index contributed by atoms with van der Waals surface area (Å²) in [6, 6.07) is 0. The number of rotatable bonds is 10. The molecule has 0 saturated carbocycles. The lowest BCUT2D eigenvalue weighted by atomic mass is 9.65. The minimum Gasteiger partial charge on any atom is -0.396 e. The number of allylic oxidation sites excluding steroid dienone is 6. The molecule has 0 amide bonds. The third-order valence-corrected chi connectivity index (χ3v) is 11.3. The van der Waals surface area contributed by atoms with Crippen molar-refractivity contribution in [3.63, 3.8) is 0 Å². The lowest BCUT2D eigenvalue weighted by Crippen LogP contribution is -2.40. The molecule has 4 aliphatic carbocycles. The van der Waals surface area contributed by atoms with E-state index in [9.17, 15) is 30.6 Å². The van der Waals surface area contributed by atoms with Gasteiger partial charge >= 0.3 is 0 Å². The molecular formula is C38H62O8. The highest BCUT2D eigenvalue weighted by Crippen LogP contribution is 2.45. The SMILES string of the molecule is C[C@H]1C=C2C=C[C@H](C)[C@H](CCC3CC(O)CC(O)O3)[C@H]2[C@@H](O)C1.C[C@H]1C=C2C=C[C@H](C)[C@H](CC[C@@H](O)C[C@@H](O)CCO)[C@H]2[C@@H](O)C1. The van der Waals surface area contributed by atoms with Crippen LogP contribution in [-0.2, 0) is 4.74 Å². The largest absolute Gasteiger partial charge is 0.396 e. The van der Waals surface area contributed by atoms with Crippen molar-refractivity contribution in [3.05, 3.63) is 47.6 Å². The zero-order chi connectivity index (χ0) is 33.5. The molecule has 46 heavy (non-hydrogen) atoms. The highest BCUT2D eigenvalue weighted by atomic mass is 16.6. The fraction of sp³-hybridized carbons (Fsp3) is 0.789. The molecule has 1 aliphatic heterocycles. The first kappa shape index (κ1) is 37.5. The molecule has 1 fully saturated rings. The van der Waals surface area contributed by atoms with Crippen LogP contribution in [0, 0.1) is 47.3 Å². The molecule has 0 aromatic rings. The second-order valence-electron chi connectivity index (χ2n) is 15.3. The van der Waals surface area contributed by atoms with Gasteiger partial charge in [0.25, 0.3) is 0 Å². The third kappa shape index (κ3) is 10.1. The number of fused-ring (bicyclic) bond motifs is 2. The molecule has 0 radical (unpaired) electrons. The number of hydrogen-bond donors (Lipinski definition) is 7. The van der Waals surface area contributed by atoms with Crippen LogP contribution in [0.2, 0.25) is 0 Å². The van der Waals surface area contributed by atoms with E-state index < -0.39 is 24.6 Å². The molecule has 3 unspecified atom stereocenters. The summed E-state index contributed by atoms with van der Waals surface area (Å²) in [5.41, 5.74) is 2.53. The molecule has 7 N–H and O–H groups in total. The van der Waals surface area contributed by atoms with Crippen LogP contribution >= 0.6 is 0 Å². The quantitative estimate of drug-likeness (QED) is 0.184. The van der Waals surface area contributed by atoms with Gasteiger partial charge in [0.2, 0.25) is 0 Å². The van der Waals surface area contributed by atoms with Gasteiger partial charge in [-0.05, 0) is 104 Å². The lowest BCUT2D eigenvalue weighted by Gasteiger charge is -2.42. The van der Waals surface area contributed by atoms with Crippen LogP contribution in [-0.4, -0.2) is 85.3 Å². The molecular weight excluding hydrogens is 584 g/mol. The molecule has 8 heteroatoms. The topological polar surface area (TPSA) is 151 Å². The normalized spacial score (nSPS) is 41.7. The van der Waals surface area contributed by atoms with E-state index in [-0.39, 0.29) is 36.8 Å². The first-order chi connectivity index (χ1) is 21.9. The number of hydrogen-bond acceptors (Lipinski definition) is 8. The van der Waals surface area contributed by atoms with E-state index in [1.807, 2.05) is 0 Å². The summed E-state index contributed by atoms with van der Waals surface area (Å²) in [5, 5.41) is 69.2. The Bertz CT molecular complexity index is 1060. The highest BCUT2D eigenvalue weighted by molar-refractivity contribution is 5.32. The Labute approximate surface area is 276 Å². The molecule has 0 spiro atoms. The number of ether oxygens (including phenoxy) is 1. The third-order valence-electron chi connectivity index (χ3n) is 11.3. The van der Waals surface area contributed by atoms with E-state index in [1.54, 1.807) is 0 Å². The fourth-order valence-electron chi connectivity index (χ4n) is 8.88. The molecule has 262 valence electrons. The van der Waals surface area contributed by atoms with Gasteiger partial charge in [-0.3, -0.25) is 0 Å². The first-order valence-electron chi connectivity index (χ1n) is 18.0. The molecule has 1 heterocycles. The maximum atomic E-state index is 10.6. The predicted octanol–water partition coefficient (Wildman–Crippen LogP) is 4.42. The van der Waals surface area contributed by atoms with E-state index in [0.717, 1.165) is 32.1 Å². The summed E-state index contributed by atoms with van der Waals surface area (Å²) in [4.78, 5) is 0. The highest BCUT2D eigenvalue weighted by Gasteiger charge is 2.40. The summed E-state index contributed by atoms with van der Waals surface area (Å²) in [6.07, 6.45) is 16.6. The van der Waals surface area contributed by atoms with E-state index in [0.29, 0.717) is 67.6 Å². The summed E-state index contributed by atoms with van der Waals surface area (Å²) in [6.45, 7) is 8.63. The van der Waals surface area contributed by atoms with Crippen LogP contribution < -0.4 is 0 Å². The van der Waals surface area contributed by atoms with Gasteiger partial charge in [-0.25, -0.2) is 0 Å². The van der Waals surface area contributed by atoms with Gasteiger partial charge in [0.05, 0.1) is 36.6 Å². The van der Waals surface area contributed by atoms with Gasteiger partial charge in [0.15, 0.2) is 6.29 Å². The van der Waals surface area contributed by atoms with Gasteiger partial charge in [-0.2, -0.15) is 0 Å². The number of aliphatic hydroxyl groups excluding tert-OH is 7. The Morgan fingerprint density at radius 1 is 0.696 bits per heavy atom. The minimum atomic E-state index is -0.844. The van der Waals surface area contributed by atoms with Crippen LogP contribution in [0.5, 0.6) is 0 Å². The van der Waals surface area contributed by atoms with Gasteiger partial charge in [0.1, 0.15) is 0 Å². The van der Waals surface area contributed by atoms with E-state index >= 15 is 0 Å². The van der Waals surface area contributed by atoms with Gasteiger partial charge in [-0.1, -0.05) is 64.2 Å². The Morgan fingerprint density at radius 3 is 1.74 bits per heavy atom. The van der Waals surface area contributed by atoms with Crippen LogP contribution in [0.4, 0.5) is 0 Å². The van der Waals surface area contributed by atoms with Gasteiger partial charge in [0, 0.05) is 24.9 Å². The molecule has 0 aromatic heterocycles. The van der Waals surface area contributed by atoms with E-state index in [4.69, 9.17) is 9.84 Å². The van der Waals surface area contributed by atoms with E-state index in [1.165, 1.54) is 11.1 Å². The molecule has 0 bridgehead atoms. The molecule has 0 aromatic carbocycles. The van der Waals surface area contributed by atoms with Crippen molar-refractivity contribution in [1.29, 1.82) is 0 Å². The molecule has 15 atom stereocenters. The van der Waals surface area contributed by atoms with Crippen molar-refractivity contribution < 1.29 is 40.5 Å². The Balaban J connectivity index is 0.000000209. The second kappa shape index (κ2) is 17.3. The summed E-state index contributed by atoms with van der Waals surface area (Å²) >= 11 is 0. The summed E-state index contributed by atoms with van der Waals surface area (Å²) < 4.78 is 5.56. The summed E-state index contributed by atoms with van der Waals surface area (Å²) in [5.74, 6) is 2.77.